The van der Waals surface area contributed by atoms with Gasteiger partial charge in [0.2, 0.25) is 5.91 Å². The third-order valence-electron chi connectivity index (χ3n) is 3.30. The summed E-state index contributed by atoms with van der Waals surface area (Å²) in [6.45, 7) is 2.52. The van der Waals surface area contributed by atoms with Crippen LogP contribution in [0.4, 0.5) is 5.69 Å². The molecule has 0 aromatic heterocycles. The van der Waals surface area contributed by atoms with Crippen molar-refractivity contribution in [2.24, 2.45) is 5.92 Å². The van der Waals surface area contributed by atoms with Crippen molar-refractivity contribution in [2.75, 3.05) is 12.3 Å². The molecule has 1 fully saturated rings. The lowest BCUT2D eigenvalue weighted by molar-refractivity contribution is -0.121. The maximum absolute atomic E-state index is 11.6. The maximum Gasteiger partial charge on any atom is 0.223 e. The molecule has 1 amide bonds. The van der Waals surface area contributed by atoms with Crippen molar-refractivity contribution in [3.63, 3.8) is 0 Å². The average molecular weight is 248 g/mol. The number of carbonyl (C=O) groups excluding carboxylic acids is 1. The standard InChI is InChI=1S/C14H20N2O2/c1-2-10-9-12(10)16-14(17)7-8-18-13-6-4-3-5-11(13)15/h3-6,10,12H,2,7-9,15H2,1H3,(H,16,17). The van der Waals surface area contributed by atoms with Gasteiger partial charge in [-0.1, -0.05) is 25.5 Å². The highest BCUT2D eigenvalue weighted by molar-refractivity contribution is 5.76. The molecule has 4 heteroatoms. The van der Waals surface area contributed by atoms with Crippen molar-refractivity contribution in [2.45, 2.75) is 32.2 Å². The molecule has 0 heterocycles. The third-order valence-corrected chi connectivity index (χ3v) is 3.30. The Morgan fingerprint density at radius 3 is 2.94 bits per heavy atom. The summed E-state index contributed by atoms with van der Waals surface area (Å²) in [4.78, 5) is 11.6. The molecule has 1 aromatic carbocycles. The number of benzene rings is 1. The molecule has 98 valence electrons. The number of nitrogen functional groups attached to an aromatic ring is 1. The molecule has 2 rings (SSSR count). The summed E-state index contributed by atoms with van der Waals surface area (Å²) in [5.41, 5.74) is 6.34. The van der Waals surface area contributed by atoms with E-state index in [1.807, 2.05) is 12.1 Å². The average Bonchev–Trinajstić information content (AvgIpc) is 3.10. The van der Waals surface area contributed by atoms with E-state index in [1.54, 1.807) is 12.1 Å². The number of hydrogen-bond acceptors (Lipinski definition) is 3. The van der Waals surface area contributed by atoms with Crippen LogP contribution in [0.1, 0.15) is 26.2 Å². The smallest absolute Gasteiger partial charge is 0.223 e. The Labute approximate surface area is 108 Å². The number of hydrogen-bond donors (Lipinski definition) is 2. The second-order valence-electron chi connectivity index (χ2n) is 4.71. The van der Waals surface area contributed by atoms with Crippen LogP contribution in [-0.2, 0) is 4.79 Å². The first-order chi connectivity index (χ1) is 8.70. The highest BCUT2D eigenvalue weighted by Crippen LogP contribution is 2.33. The van der Waals surface area contributed by atoms with E-state index >= 15 is 0 Å². The Morgan fingerprint density at radius 1 is 1.50 bits per heavy atom. The third kappa shape index (κ3) is 3.39. The van der Waals surface area contributed by atoms with Crippen molar-refractivity contribution < 1.29 is 9.53 Å². The van der Waals surface area contributed by atoms with Gasteiger partial charge in [0.05, 0.1) is 18.7 Å². The molecule has 0 saturated heterocycles. The van der Waals surface area contributed by atoms with E-state index in [2.05, 4.69) is 12.2 Å². The molecule has 2 atom stereocenters. The summed E-state index contributed by atoms with van der Waals surface area (Å²) in [6.07, 6.45) is 2.64. The molecule has 0 bridgehead atoms. The molecular formula is C14H20N2O2. The second kappa shape index (κ2) is 5.76. The van der Waals surface area contributed by atoms with E-state index in [1.165, 1.54) is 0 Å². The van der Waals surface area contributed by atoms with Crippen LogP contribution in [0.3, 0.4) is 0 Å². The van der Waals surface area contributed by atoms with Gasteiger partial charge in [0.1, 0.15) is 5.75 Å². The molecule has 1 saturated carbocycles. The minimum atomic E-state index is 0.0606. The minimum absolute atomic E-state index is 0.0606. The van der Waals surface area contributed by atoms with Crippen molar-refractivity contribution in [3.05, 3.63) is 24.3 Å². The number of anilines is 1. The lowest BCUT2D eigenvalue weighted by Gasteiger charge is -2.08. The van der Waals surface area contributed by atoms with Crippen LogP contribution in [0.15, 0.2) is 24.3 Å². The molecular weight excluding hydrogens is 228 g/mol. The van der Waals surface area contributed by atoms with Gasteiger partial charge in [-0.25, -0.2) is 0 Å². The molecule has 18 heavy (non-hydrogen) atoms. The fourth-order valence-electron chi connectivity index (χ4n) is 2.02. The molecule has 1 aliphatic carbocycles. The van der Waals surface area contributed by atoms with Crippen molar-refractivity contribution in [1.29, 1.82) is 0 Å². The van der Waals surface area contributed by atoms with E-state index in [4.69, 9.17) is 10.5 Å². The summed E-state index contributed by atoms with van der Waals surface area (Å²) in [7, 11) is 0. The molecule has 4 nitrogen and oxygen atoms in total. The van der Waals surface area contributed by atoms with Crippen molar-refractivity contribution >= 4 is 11.6 Å². The summed E-state index contributed by atoms with van der Waals surface area (Å²) >= 11 is 0. The van der Waals surface area contributed by atoms with Crippen LogP contribution < -0.4 is 15.8 Å². The van der Waals surface area contributed by atoms with E-state index < -0.39 is 0 Å². The van der Waals surface area contributed by atoms with E-state index in [0.717, 1.165) is 12.8 Å². The number of carbonyl (C=O) groups is 1. The number of ether oxygens (including phenoxy) is 1. The lowest BCUT2D eigenvalue weighted by atomic mass is 10.3. The lowest BCUT2D eigenvalue weighted by Crippen LogP contribution is -2.28. The van der Waals surface area contributed by atoms with Crippen molar-refractivity contribution in [1.82, 2.24) is 5.32 Å². The van der Waals surface area contributed by atoms with Gasteiger partial charge in [0.15, 0.2) is 0 Å². The summed E-state index contributed by atoms with van der Waals surface area (Å²) in [5.74, 6) is 1.38. The first-order valence-corrected chi connectivity index (χ1v) is 6.47. The predicted molar refractivity (Wildman–Crippen MR) is 71.3 cm³/mol. The number of amides is 1. The highest BCUT2D eigenvalue weighted by atomic mass is 16.5. The number of rotatable bonds is 6. The van der Waals surface area contributed by atoms with Gasteiger partial charge >= 0.3 is 0 Å². The second-order valence-corrected chi connectivity index (χ2v) is 4.71. The van der Waals surface area contributed by atoms with E-state index in [-0.39, 0.29) is 5.91 Å². The molecule has 0 radical (unpaired) electrons. The number of nitrogens with two attached hydrogens (primary N) is 1. The molecule has 2 unspecified atom stereocenters. The predicted octanol–water partition coefficient (Wildman–Crippen LogP) is 1.95. The summed E-state index contributed by atoms with van der Waals surface area (Å²) in [6, 6.07) is 7.70. The fraction of sp³-hybridized carbons (Fsp3) is 0.500. The number of para-hydroxylation sites is 2. The molecule has 0 spiro atoms. The highest BCUT2D eigenvalue weighted by Gasteiger charge is 2.36. The van der Waals surface area contributed by atoms with Crippen LogP contribution >= 0.6 is 0 Å². The quantitative estimate of drug-likeness (QED) is 0.756. The van der Waals surface area contributed by atoms with Crippen LogP contribution in [-0.4, -0.2) is 18.6 Å². The van der Waals surface area contributed by atoms with Gasteiger partial charge in [-0.05, 0) is 24.5 Å². The van der Waals surface area contributed by atoms with E-state index in [0.29, 0.717) is 36.4 Å². The number of nitrogens with one attached hydrogen (secondary N) is 1. The van der Waals surface area contributed by atoms with E-state index in [9.17, 15) is 4.79 Å². The zero-order valence-corrected chi connectivity index (χ0v) is 10.7. The Morgan fingerprint density at radius 2 is 2.28 bits per heavy atom. The Balaban J connectivity index is 1.66. The monoisotopic (exact) mass is 248 g/mol. The Kier molecular flexibility index (Phi) is 4.07. The van der Waals surface area contributed by atoms with Gasteiger partial charge in [-0.3, -0.25) is 4.79 Å². The normalized spacial score (nSPS) is 21.4. The zero-order chi connectivity index (χ0) is 13.0. The van der Waals surface area contributed by atoms with Crippen LogP contribution in [0, 0.1) is 5.92 Å². The molecule has 3 N–H and O–H groups in total. The fourth-order valence-corrected chi connectivity index (χ4v) is 2.02. The topological polar surface area (TPSA) is 64.3 Å². The maximum atomic E-state index is 11.6. The minimum Gasteiger partial charge on any atom is -0.491 e. The van der Waals surface area contributed by atoms with Crippen LogP contribution in [0.25, 0.3) is 0 Å². The SMILES string of the molecule is CCC1CC1NC(=O)CCOc1ccccc1N. The molecule has 0 aliphatic heterocycles. The molecule has 1 aromatic rings. The van der Waals surface area contributed by atoms with Gasteiger partial charge in [0, 0.05) is 6.04 Å². The van der Waals surface area contributed by atoms with Gasteiger partial charge in [0.25, 0.3) is 0 Å². The van der Waals surface area contributed by atoms with Crippen LogP contribution in [0.2, 0.25) is 0 Å². The van der Waals surface area contributed by atoms with Gasteiger partial charge in [-0.15, -0.1) is 0 Å². The Bertz CT molecular complexity index is 420. The van der Waals surface area contributed by atoms with Crippen molar-refractivity contribution in [3.8, 4) is 5.75 Å². The summed E-state index contributed by atoms with van der Waals surface area (Å²) in [5, 5.41) is 3.01. The Hall–Kier alpha value is -1.71. The largest absolute Gasteiger partial charge is 0.491 e. The molecule has 1 aliphatic rings. The summed E-state index contributed by atoms with van der Waals surface area (Å²) < 4.78 is 5.48. The van der Waals surface area contributed by atoms with Gasteiger partial charge < -0.3 is 15.8 Å². The zero-order valence-electron chi connectivity index (χ0n) is 10.7. The first kappa shape index (κ1) is 12.7. The van der Waals surface area contributed by atoms with Crippen LogP contribution in [0.5, 0.6) is 5.75 Å². The van der Waals surface area contributed by atoms with Gasteiger partial charge in [-0.2, -0.15) is 0 Å². The first-order valence-electron chi connectivity index (χ1n) is 6.47.